The van der Waals surface area contributed by atoms with Gasteiger partial charge in [-0.3, -0.25) is 9.69 Å². The molecule has 0 spiro atoms. The Morgan fingerprint density at radius 2 is 2.27 bits per heavy atom. The Labute approximate surface area is 134 Å². The second kappa shape index (κ2) is 6.94. The minimum Gasteiger partial charge on any atom is -0.481 e. The number of aliphatic hydroxyl groups is 1. The molecule has 4 nitrogen and oxygen atoms in total. The molecular formula is C16H21ClFNO3. The number of carboxylic acids is 1. The van der Waals surface area contributed by atoms with E-state index in [2.05, 4.69) is 0 Å². The summed E-state index contributed by atoms with van der Waals surface area (Å²) >= 11 is 5.77. The van der Waals surface area contributed by atoms with Gasteiger partial charge in [0.05, 0.1) is 16.5 Å². The molecule has 122 valence electrons. The van der Waals surface area contributed by atoms with Crippen molar-refractivity contribution in [3.8, 4) is 0 Å². The number of aliphatic hydroxyl groups excluding tert-OH is 1. The Kier molecular flexibility index (Phi) is 5.42. The molecule has 1 aromatic carbocycles. The van der Waals surface area contributed by atoms with E-state index in [1.54, 1.807) is 12.1 Å². The number of hydrogen-bond acceptors (Lipinski definition) is 3. The first-order valence-electron chi connectivity index (χ1n) is 7.47. The lowest BCUT2D eigenvalue weighted by Crippen LogP contribution is -2.54. The third kappa shape index (κ3) is 3.42. The van der Waals surface area contributed by atoms with Gasteiger partial charge in [0.2, 0.25) is 0 Å². The van der Waals surface area contributed by atoms with Gasteiger partial charge in [0.15, 0.2) is 0 Å². The fourth-order valence-corrected chi connectivity index (χ4v) is 3.37. The van der Waals surface area contributed by atoms with E-state index in [0.717, 1.165) is 12.0 Å². The van der Waals surface area contributed by atoms with Crippen molar-refractivity contribution in [3.63, 3.8) is 0 Å². The van der Waals surface area contributed by atoms with Gasteiger partial charge in [-0.15, -0.1) is 0 Å². The summed E-state index contributed by atoms with van der Waals surface area (Å²) in [6.45, 7) is 3.31. The van der Waals surface area contributed by atoms with Gasteiger partial charge in [0.1, 0.15) is 5.82 Å². The summed E-state index contributed by atoms with van der Waals surface area (Å²) < 4.78 is 13.2. The number of carboxylic acid groups (broad SMARTS) is 1. The Bertz CT molecular complexity index is 554. The van der Waals surface area contributed by atoms with Crippen molar-refractivity contribution >= 4 is 17.6 Å². The zero-order valence-electron chi connectivity index (χ0n) is 12.6. The molecule has 0 bridgehead atoms. The highest BCUT2D eigenvalue weighted by Gasteiger charge is 2.47. The van der Waals surface area contributed by atoms with Crippen molar-refractivity contribution in [1.29, 1.82) is 0 Å². The maximum Gasteiger partial charge on any atom is 0.312 e. The molecule has 0 amide bonds. The molecular weight excluding hydrogens is 309 g/mol. The predicted octanol–water partition coefficient (Wildman–Crippen LogP) is 2.92. The van der Waals surface area contributed by atoms with Crippen LogP contribution in [0.15, 0.2) is 18.2 Å². The van der Waals surface area contributed by atoms with Crippen molar-refractivity contribution in [2.24, 2.45) is 5.41 Å². The average Bonchev–Trinajstić information content (AvgIpc) is 2.46. The van der Waals surface area contributed by atoms with E-state index in [1.807, 2.05) is 11.8 Å². The average molecular weight is 330 g/mol. The van der Waals surface area contributed by atoms with Gasteiger partial charge in [-0.25, -0.2) is 4.39 Å². The van der Waals surface area contributed by atoms with Crippen molar-refractivity contribution in [2.75, 3.05) is 13.1 Å². The molecule has 0 radical (unpaired) electrons. The van der Waals surface area contributed by atoms with Gasteiger partial charge < -0.3 is 10.2 Å². The number of nitrogens with zero attached hydrogens (tertiary/aromatic N) is 1. The lowest BCUT2D eigenvalue weighted by molar-refractivity contribution is -0.164. The number of rotatable bonds is 5. The maximum absolute atomic E-state index is 13.2. The largest absolute Gasteiger partial charge is 0.481 e. The number of halogens is 2. The molecule has 0 aromatic heterocycles. The molecule has 22 heavy (non-hydrogen) atoms. The highest BCUT2D eigenvalue weighted by atomic mass is 35.5. The number of hydrogen-bond donors (Lipinski definition) is 2. The van der Waals surface area contributed by atoms with Gasteiger partial charge >= 0.3 is 5.97 Å². The van der Waals surface area contributed by atoms with Crippen LogP contribution in [0.4, 0.5) is 4.39 Å². The zero-order chi connectivity index (χ0) is 16.3. The normalized spacial score (nSPS) is 26.1. The van der Waals surface area contributed by atoms with Crippen LogP contribution in [0, 0.1) is 11.2 Å². The van der Waals surface area contributed by atoms with Crippen LogP contribution in [0.5, 0.6) is 0 Å². The third-order valence-electron chi connectivity index (χ3n) is 4.46. The Hall–Kier alpha value is -1.17. The standard InChI is InChI=1S/C16H21ClFNO3/c1-2-5-16(15(21)22)6-7-19(10-14(16)20)9-11-3-4-13(18)12(17)8-11/h3-4,8,14,20H,2,5-7,9-10H2,1H3,(H,21,22)/t14-,16-/m0/s1. The minimum absolute atomic E-state index is 0.0703. The van der Waals surface area contributed by atoms with Gasteiger partial charge in [0.25, 0.3) is 0 Å². The smallest absolute Gasteiger partial charge is 0.312 e. The van der Waals surface area contributed by atoms with Crippen LogP contribution in [-0.4, -0.2) is 40.3 Å². The summed E-state index contributed by atoms with van der Waals surface area (Å²) in [5.41, 5.74) is -0.206. The summed E-state index contributed by atoms with van der Waals surface area (Å²) in [7, 11) is 0. The van der Waals surface area contributed by atoms with Crippen LogP contribution in [0.2, 0.25) is 5.02 Å². The molecule has 2 atom stereocenters. The Morgan fingerprint density at radius 1 is 1.55 bits per heavy atom. The lowest BCUT2D eigenvalue weighted by Gasteiger charge is -2.42. The second-order valence-electron chi connectivity index (χ2n) is 5.96. The third-order valence-corrected chi connectivity index (χ3v) is 4.75. The minimum atomic E-state index is -1.05. The van der Waals surface area contributed by atoms with E-state index < -0.39 is 23.3 Å². The molecule has 2 N–H and O–H groups in total. The zero-order valence-corrected chi connectivity index (χ0v) is 13.3. The number of benzene rings is 1. The highest BCUT2D eigenvalue weighted by Crippen LogP contribution is 2.37. The number of aliphatic carboxylic acids is 1. The molecule has 2 rings (SSSR count). The SMILES string of the molecule is CCC[C@]1(C(=O)O)CCN(Cc2ccc(F)c(Cl)c2)C[C@@H]1O. The molecule has 0 saturated carbocycles. The molecule has 1 aliphatic rings. The van der Waals surface area contributed by atoms with Gasteiger partial charge in [-0.1, -0.05) is 31.0 Å². The van der Waals surface area contributed by atoms with Gasteiger partial charge in [0, 0.05) is 13.1 Å². The van der Waals surface area contributed by atoms with Crippen LogP contribution in [0.25, 0.3) is 0 Å². The lowest BCUT2D eigenvalue weighted by atomic mass is 9.73. The van der Waals surface area contributed by atoms with Crippen LogP contribution >= 0.6 is 11.6 Å². The first-order chi connectivity index (χ1) is 10.4. The summed E-state index contributed by atoms with van der Waals surface area (Å²) in [6.07, 6.45) is 0.692. The Morgan fingerprint density at radius 3 is 2.82 bits per heavy atom. The summed E-state index contributed by atoms with van der Waals surface area (Å²) in [5.74, 6) is -1.39. The first kappa shape index (κ1) is 17.2. The topological polar surface area (TPSA) is 60.8 Å². The predicted molar refractivity (Wildman–Crippen MR) is 82.3 cm³/mol. The molecule has 6 heteroatoms. The Balaban J connectivity index is 2.06. The number of β-amino-alcohol motifs (C(OH)–C–C–N with tert-alkyl or cyclic N) is 1. The van der Waals surface area contributed by atoms with E-state index in [0.29, 0.717) is 32.5 Å². The molecule has 1 heterocycles. The summed E-state index contributed by atoms with van der Waals surface area (Å²) in [5, 5.41) is 19.9. The number of likely N-dealkylation sites (tertiary alicyclic amines) is 1. The van der Waals surface area contributed by atoms with Crippen molar-refractivity contribution in [1.82, 2.24) is 4.90 Å². The van der Waals surface area contributed by atoms with Crippen LogP contribution < -0.4 is 0 Å². The molecule has 1 fully saturated rings. The molecule has 1 aromatic rings. The van der Waals surface area contributed by atoms with Gasteiger partial charge in [-0.05, 0) is 37.1 Å². The van der Waals surface area contributed by atoms with E-state index in [-0.39, 0.29) is 5.02 Å². The van der Waals surface area contributed by atoms with E-state index in [9.17, 15) is 19.4 Å². The van der Waals surface area contributed by atoms with Crippen molar-refractivity contribution < 1.29 is 19.4 Å². The summed E-state index contributed by atoms with van der Waals surface area (Å²) in [6, 6.07) is 4.53. The second-order valence-corrected chi connectivity index (χ2v) is 6.37. The fourth-order valence-electron chi connectivity index (χ4n) is 3.17. The van der Waals surface area contributed by atoms with Crippen molar-refractivity contribution in [2.45, 2.75) is 38.8 Å². The van der Waals surface area contributed by atoms with E-state index >= 15 is 0 Å². The number of carbonyl (C=O) groups is 1. The first-order valence-corrected chi connectivity index (χ1v) is 7.84. The maximum atomic E-state index is 13.2. The van der Waals surface area contributed by atoms with E-state index in [4.69, 9.17) is 11.6 Å². The van der Waals surface area contributed by atoms with Crippen LogP contribution in [0.1, 0.15) is 31.7 Å². The molecule has 1 saturated heterocycles. The highest BCUT2D eigenvalue weighted by molar-refractivity contribution is 6.30. The van der Waals surface area contributed by atoms with Crippen LogP contribution in [0.3, 0.4) is 0 Å². The summed E-state index contributed by atoms with van der Waals surface area (Å²) in [4.78, 5) is 13.6. The van der Waals surface area contributed by atoms with Gasteiger partial charge in [-0.2, -0.15) is 0 Å². The molecule has 1 aliphatic heterocycles. The fraction of sp³-hybridized carbons (Fsp3) is 0.562. The van der Waals surface area contributed by atoms with Crippen molar-refractivity contribution in [3.05, 3.63) is 34.6 Å². The molecule has 0 aliphatic carbocycles. The monoisotopic (exact) mass is 329 g/mol. The quantitative estimate of drug-likeness (QED) is 0.872. The van der Waals surface area contributed by atoms with Crippen LogP contribution in [-0.2, 0) is 11.3 Å². The number of piperidine rings is 1. The molecule has 0 unspecified atom stereocenters. The van der Waals surface area contributed by atoms with E-state index in [1.165, 1.54) is 6.07 Å².